The van der Waals surface area contributed by atoms with Crippen LogP contribution in [0.4, 0.5) is 0 Å². The number of carbonyl (C=O) groups is 2. The van der Waals surface area contributed by atoms with E-state index in [1.165, 1.54) is 0 Å². The van der Waals surface area contributed by atoms with Gasteiger partial charge in [0.2, 0.25) is 11.8 Å². The van der Waals surface area contributed by atoms with Gasteiger partial charge >= 0.3 is 0 Å². The first kappa shape index (κ1) is 15.4. The lowest BCUT2D eigenvalue weighted by atomic mass is 10.1. The summed E-state index contributed by atoms with van der Waals surface area (Å²) in [5.74, 6) is -0.170. The van der Waals surface area contributed by atoms with Gasteiger partial charge in [0.15, 0.2) is 0 Å². The molecule has 0 spiro atoms. The Balaban J connectivity index is 3.84. The minimum Gasteiger partial charge on any atom is -0.354 e. The van der Waals surface area contributed by atoms with E-state index in [0.29, 0.717) is 13.0 Å². The molecule has 0 aliphatic heterocycles. The second kappa shape index (κ2) is 5.66. The standard InChI is InChI=1S/C11H21BrN2O2/c1-10(2,3)14-8(15)6-7-13-9(16)11(4,5)12/h6-7H2,1-5H3,(H,13,16)(H,14,15). The van der Waals surface area contributed by atoms with Crippen molar-refractivity contribution in [2.24, 2.45) is 0 Å². The van der Waals surface area contributed by atoms with Crippen LogP contribution < -0.4 is 10.6 Å². The van der Waals surface area contributed by atoms with E-state index in [1.807, 2.05) is 20.8 Å². The molecule has 0 atom stereocenters. The minimum absolute atomic E-state index is 0.0554. The summed E-state index contributed by atoms with van der Waals surface area (Å²) in [4.78, 5) is 22.9. The molecule has 0 saturated carbocycles. The summed E-state index contributed by atoms with van der Waals surface area (Å²) >= 11 is 3.25. The van der Waals surface area contributed by atoms with Crippen molar-refractivity contribution in [3.8, 4) is 0 Å². The monoisotopic (exact) mass is 292 g/mol. The molecule has 0 aromatic heterocycles. The third-order valence-electron chi connectivity index (χ3n) is 1.69. The average molecular weight is 293 g/mol. The van der Waals surface area contributed by atoms with Gasteiger partial charge < -0.3 is 10.6 Å². The van der Waals surface area contributed by atoms with Gasteiger partial charge in [0.25, 0.3) is 0 Å². The molecule has 0 saturated heterocycles. The molecule has 0 aromatic carbocycles. The largest absolute Gasteiger partial charge is 0.354 e. The predicted octanol–water partition coefficient (Wildman–Crippen LogP) is 1.58. The fourth-order valence-corrected chi connectivity index (χ4v) is 1.12. The molecule has 0 bridgehead atoms. The zero-order valence-corrected chi connectivity index (χ0v) is 12.2. The zero-order valence-electron chi connectivity index (χ0n) is 10.6. The van der Waals surface area contributed by atoms with Gasteiger partial charge in [0.1, 0.15) is 0 Å². The molecular weight excluding hydrogens is 272 g/mol. The van der Waals surface area contributed by atoms with Crippen LogP contribution in [0.25, 0.3) is 0 Å². The highest BCUT2D eigenvalue weighted by molar-refractivity contribution is 9.10. The number of carbonyl (C=O) groups excluding carboxylic acids is 2. The lowest BCUT2D eigenvalue weighted by molar-refractivity contribution is -0.123. The highest BCUT2D eigenvalue weighted by atomic mass is 79.9. The van der Waals surface area contributed by atoms with E-state index in [1.54, 1.807) is 13.8 Å². The first-order chi connectivity index (χ1) is 7.02. The van der Waals surface area contributed by atoms with Crippen molar-refractivity contribution in [2.45, 2.75) is 50.9 Å². The second-order valence-corrected chi connectivity index (χ2v) is 7.26. The Hall–Kier alpha value is -0.580. The van der Waals surface area contributed by atoms with E-state index in [2.05, 4.69) is 26.6 Å². The Labute approximate surface area is 106 Å². The van der Waals surface area contributed by atoms with Crippen molar-refractivity contribution in [1.29, 1.82) is 0 Å². The number of amides is 2. The summed E-state index contributed by atoms with van der Waals surface area (Å²) in [7, 11) is 0. The third kappa shape index (κ3) is 7.68. The maximum absolute atomic E-state index is 11.4. The van der Waals surface area contributed by atoms with Crippen molar-refractivity contribution in [3.63, 3.8) is 0 Å². The maximum atomic E-state index is 11.4. The predicted molar refractivity (Wildman–Crippen MR) is 68.5 cm³/mol. The maximum Gasteiger partial charge on any atom is 0.236 e. The summed E-state index contributed by atoms with van der Waals surface area (Å²) in [5, 5.41) is 5.52. The fraction of sp³-hybridized carbons (Fsp3) is 0.818. The van der Waals surface area contributed by atoms with Crippen LogP contribution in [0, 0.1) is 0 Å². The number of hydrogen-bond donors (Lipinski definition) is 2. The van der Waals surface area contributed by atoms with E-state index < -0.39 is 4.32 Å². The van der Waals surface area contributed by atoms with Gasteiger partial charge in [-0.1, -0.05) is 15.9 Å². The SMILES string of the molecule is CC(C)(C)NC(=O)CCNC(=O)C(C)(C)Br. The summed E-state index contributed by atoms with van der Waals surface area (Å²) in [6.45, 7) is 9.64. The van der Waals surface area contributed by atoms with Crippen molar-refractivity contribution in [2.75, 3.05) is 6.54 Å². The Kier molecular flexibility index (Phi) is 5.46. The quantitative estimate of drug-likeness (QED) is 0.773. The Morgan fingerprint density at radius 1 is 1.12 bits per heavy atom. The van der Waals surface area contributed by atoms with Crippen molar-refractivity contribution < 1.29 is 9.59 Å². The summed E-state index contributed by atoms with van der Waals surface area (Å²) in [5.41, 5.74) is -0.226. The number of rotatable bonds is 4. The molecule has 0 aliphatic rings. The number of hydrogen-bond acceptors (Lipinski definition) is 2. The number of halogens is 1. The lowest BCUT2D eigenvalue weighted by Gasteiger charge is -2.21. The first-order valence-corrected chi connectivity index (χ1v) is 6.10. The van der Waals surface area contributed by atoms with Gasteiger partial charge in [-0.2, -0.15) is 0 Å². The Bertz CT molecular complexity index is 264. The van der Waals surface area contributed by atoms with Gasteiger partial charge in [-0.25, -0.2) is 0 Å². The average Bonchev–Trinajstić information content (AvgIpc) is 1.98. The molecule has 0 radical (unpaired) electrons. The van der Waals surface area contributed by atoms with E-state index >= 15 is 0 Å². The van der Waals surface area contributed by atoms with Gasteiger partial charge in [0.05, 0.1) is 4.32 Å². The first-order valence-electron chi connectivity index (χ1n) is 5.30. The Morgan fingerprint density at radius 2 is 1.62 bits per heavy atom. The molecule has 4 nitrogen and oxygen atoms in total. The van der Waals surface area contributed by atoms with Crippen LogP contribution >= 0.6 is 15.9 Å². The van der Waals surface area contributed by atoms with E-state index in [4.69, 9.17) is 0 Å². The van der Waals surface area contributed by atoms with Crippen LogP contribution in [0.15, 0.2) is 0 Å². The number of nitrogens with one attached hydrogen (secondary N) is 2. The van der Waals surface area contributed by atoms with Gasteiger partial charge in [-0.15, -0.1) is 0 Å². The summed E-state index contributed by atoms with van der Waals surface area (Å²) < 4.78 is -0.590. The van der Waals surface area contributed by atoms with Gasteiger partial charge in [-0.05, 0) is 34.6 Å². The smallest absolute Gasteiger partial charge is 0.236 e. The minimum atomic E-state index is -0.590. The normalized spacial score (nSPS) is 12.1. The molecule has 0 heterocycles. The topological polar surface area (TPSA) is 58.2 Å². The molecule has 2 N–H and O–H groups in total. The molecule has 0 aromatic rings. The molecule has 2 amide bonds. The van der Waals surface area contributed by atoms with Crippen LogP contribution in [0.1, 0.15) is 41.0 Å². The van der Waals surface area contributed by atoms with E-state index in [-0.39, 0.29) is 17.4 Å². The third-order valence-corrected chi connectivity index (χ3v) is 2.05. The molecule has 94 valence electrons. The lowest BCUT2D eigenvalue weighted by Crippen LogP contribution is -2.43. The number of alkyl halides is 1. The summed E-state index contributed by atoms with van der Waals surface area (Å²) in [6.07, 6.45) is 0.298. The molecule has 0 unspecified atom stereocenters. The van der Waals surface area contributed by atoms with Gasteiger partial charge in [0, 0.05) is 18.5 Å². The van der Waals surface area contributed by atoms with E-state index in [9.17, 15) is 9.59 Å². The molecule has 16 heavy (non-hydrogen) atoms. The molecule has 5 heteroatoms. The second-order valence-electron chi connectivity index (χ2n) is 5.28. The van der Waals surface area contributed by atoms with Gasteiger partial charge in [-0.3, -0.25) is 9.59 Å². The summed E-state index contributed by atoms with van der Waals surface area (Å²) in [6, 6.07) is 0. The van der Waals surface area contributed by atoms with Crippen molar-refractivity contribution in [1.82, 2.24) is 10.6 Å². The highest BCUT2D eigenvalue weighted by Gasteiger charge is 2.23. The van der Waals surface area contributed by atoms with E-state index in [0.717, 1.165) is 0 Å². The van der Waals surface area contributed by atoms with Crippen LogP contribution in [0.3, 0.4) is 0 Å². The highest BCUT2D eigenvalue weighted by Crippen LogP contribution is 2.14. The van der Waals surface area contributed by atoms with Crippen molar-refractivity contribution in [3.05, 3.63) is 0 Å². The zero-order chi connectivity index (χ0) is 13.0. The molecule has 0 rings (SSSR count). The van der Waals surface area contributed by atoms with Crippen molar-refractivity contribution >= 4 is 27.7 Å². The molecule has 0 aliphatic carbocycles. The van der Waals surface area contributed by atoms with Crippen LogP contribution in [-0.4, -0.2) is 28.2 Å². The molecule has 0 fully saturated rings. The van der Waals surface area contributed by atoms with Crippen LogP contribution in [0.2, 0.25) is 0 Å². The van der Waals surface area contributed by atoms with Crippen LogP contribution in [0.5, 0.6) is 0 Å². The fourth-order valence-electron chi connectivity index (χ4n) is 0.981. The Morgan fingerprint density at radius 3 is 2.00 bits per heavy atom. The van der Waals surface area contributed by atoms with Crippen LogP contribution in [-0.2, 0) is 9.59 Å². The molecular formula is C11H21BrN2O2.